The average Bonchev–Trinajstić information content (AvgIpc) is 3.30. The third-order valence-electron chi connectivity index (χ3n) is 5.98. The first-order valence-corrected chi connectivity index (χ1v) is 11.3. The van der Waals surface area contributed by atoms with Crippen LogP contribution in [0.5, 0.6) is 17.2 Å². The van der Waals surface area contributed by atoms with Crippen LogP contribution in [0.4, 0.5) is 0 Å². The number of methoxy groups -OCH3 is 1. The molecule has 2 aromatic rings. The molecule has 0 bridgehead atoms. The van der Waals surface area contributed by atoms with E-state index in [-0.39, 0.29) is 17.4 Å². The summed E-state index contributed by atoms with van der Waals surface area (Å²) in [5, 5.41) is 11.3. The number of carbonyl (C=O) groups is 2. The Bertz CT molecular complexity index is 1120. The topological polar surface area (TPSA) is 85.3 Å². The van der Waals surface area contributed by atoms with Gasteiger partial charge in [-0.25, -0.2) is 0 Å². The summed E-state index contributed by atoms with van der Waals surface area (Å²) in [4.78, 5) is 27.6. The summed E-state index contributed by atoms with van der Waals surface area (Å²) < 4.78 is 16.8. The Labute approximate surface area is 193 Å². The molecule has 174 valence electrons. The van der Waals surface area contributed by atoms with Gasteiger partial charge in [0.25, 0.3) is 11.7 Å². The number of aliphatic hydroxyl groups excluding tert-OH is 1. The lowest BCUT2D eigenvalue weighted by Crippen LogP contribution is -2.30. The molecule has 0 radical (unpaired) electrons. The maximum atomic E-state index is 13.1. The molecule has 0 saturated carbocycles. The molecule has 2 atom stereocenters. The number of fused-ring (bicyclic) bond motifs is 1. The lowest BCUT2D eigenvalue weighted by molar-refractivity contribution is -0.139. The molecule has 2 aliphatic rings. The maximum Gasteiger partial charge on any atom is 0.295 e. The molecule has 2 heterocycles. The zero-order chi connectivity index (χ0) is 23.7. The van der Waals surface area contributed by atoms with E-state index in [1.54, 1.807) is 37.4 Å². The van der Waals surface area contributed by atoms with Crippen molar-refractivity contribution in [1.82, 2.24) is 4.90 Å². The van der Waals surface area contributed by atoms with Crippen molar-refractivity contribution >= 4 is 17.4 Å². The van der Waals surface area contributed by atoms with Crippen molar-refractivity contribution in [1.29, 1.82) is 0 Å². The van der Waals surface area contributed by atoms with E-state index in [0.717, 1.165) is 17.7 Å². The first-order chi connectivity index (χ1) is 15.9. The van der Waals surface area contributed by atoms with Crippen molar-refractivity contribution in [2.24, 2.45) is 0 Å². The first-order valence-electron chi connectivity index (χ1n) is 11.3. The smallest absolute Gasteiger partial charge is 0.295 e. The summed E-state index contributed by atoms with van der Waals surface area (Å²) >= 11 is 0. The molecule has 2 aliphatic heterocycles. The van der Waals surface area contributed by atoms with Gasteiger partial charge in [-0.3, -0.25) is 9.59 Å². The summed E-state index contributed by atoms with van der Waals surface area (Å²) in [5.74, 6) is 0.357. The van der Waals surface area contributed by atoms with Gasteiger partial charge in [-0.15, -0.1) is 0 Å². The second-order valence-corrected chi connectivity index (χ2v) is 8.29. The third kappa shape index (κ3) is 4.03. The number of nitrogens with zero attached hydrogens (tertiary/aromatic N) is 1. The van der Waals surface area contributed by atoms with Gasteiger partial charge >= 0.3 is 0 Å². The van der Waals surface area contributed by atoms with Crippen LogP contribution in [0.1, 0.15) is 49.9 Å². The van der Waals surface area contributed by atoms with Crippen LogP contribution < -0.4 is 14.2 Å². The zero-order valence-electron chi connectivity index (χ0n) is 19.4. The molecule has 0 spiro atoms. The summed E-state index contributed by atoms with van der Waals surface area (Å²) in [6.07, 6.45) is 1.45. The van der Waals surface area contributed by atoms with Crippen LogP contribution in [0.15, 0.2) is 42.0 Å². The molecule has 1 saturated heterocycles. The van der Waals surface area contributed by atoms with Crippen molar-refractivity contribution in [3.8, 4) is 17.2 Å². The Morgan fingerprint density at radius 2 is 1.94 bits per heavy atom. The van der Waals surface area contributed by atoms with Crippen molar-refractivity contribution in [3.05, 3.63) is 58.7 Å². The Balaban J connectivity index is 1.85. The summed E-state index contributed by atoms with van der Waals surface area (Å²) in [6.45, 7) is 6.61. The Hall–Kier alpha value is -3.48. The van der Waals surface area contributed by atoms with Gasteiger partial charge in [-0.1, -0.05) is 13.0 Å². The molecule has 7 nitrogen and oxygen atoms in total. The number of likely N-dealkylation sites (tertiary alicyclic amines) is 1. The number of benzene rings is 2. The van der Waals surface area contributed by atoms with Crippen molar-refractivity contribution in [2.75, 3.05) is 20.3 Å². The molecule has 2 aromatic carbocycles. The summed E-state index contributed by atoms with van der Waals surface area (Å²) in [7, 11) is 1.55. The normalized spacial score (nSPS) is 21.2. The van der Waals surface area contributed by atoms with Crippen LogP contribution in [0.25, 0.3) is 5.76 Å². The van der Waals surface area contributed by atoms with Crippen molar-refractivity contribution in [3.63, 3.8) is 0 Å². The predicted molar refractivity (Wildman–Crippen MR) is 124 cm³/mol. The molecule has 1 fully saturated rings. The van der Waals surface area contributed by atoms with Gasteiger partial charge in [-0.2, -0.15) is 0 Å². The molecular formula is C26H29NO6. The number of rotatable bonds is 7. The highest BCUT2D eigenvalue weighted by Crippen LogP contribution is 2.42. The van der Waals surface area contributed by atoms with E-state index < -0.39 is 17.7 Å². The van der Waals surface area contributed by atoms with Crippen LogP contribution in [0, 0.1) is 0 Å². The Morgan fingerprint density at radius 1 is 1.15 bits per heavy atom. The van der Waals surface area contributed by atoms with E-state index in [9.17, 15) is 14.7 Å². The van der Waals surface area contributed by atoms with Gasteiger partial charge in [0.15, 0.2) is 11.5 Å². The number of ketones is 1. The zero-order valence-corrected chi connectivity index (χ0v) is 19.4. The Morgan fingerprint density at radius 3 is 2.64 bits per heavy atom. The van der Waals surface area contributed by atoms with E-state index in [4.69, 9.17) is 14.2 Å². The Kier molecular flexibility index (Phi) is 6.31. The minimum Gasteiger partial charge on any atom is -0.507 e. The van der Waals surface area contributed by atoms with Crippen molar-refractivity contribution in [2.45, 2.75) is 45.8 Å². The van der Waals surface area contributed by atoms with E-state index in [1.807, 2.05) is 26.8 Å². The van der Waals surface area contributed by atoms with Crippen LogP contribution in [-0.2, 0) is 16.0 Å². The molecule has 33 heavy (non-hydrogen) atoms. The van der Waals surface area contributed by atoms with Crippen LogP contribution in [-0.4, -0.2) is 48.1 Å². The fraction of sp³-hybridized carbons (Fsp3) is 0.385. The van der Waals surface area contributed by atoms with Crippen molar-refractivity contribution < 1.29 is 28.9 Å². The minimum absolute atomic E-state index is 0.0591. The average molecular weight is 452 g/mol. The molecule has 2 unspecified atom stereocenters. The van der Waals surface area contributed by atoms with Gasteiger partial charge in [0.05, 0.1) is 25.3 Å². The number of carbonyl (C=O) groups excluding carboxylic acids is 2. The SMILES string of the molecule is CCCN1C(=O)C(=O)/C(=C(/O)c2ccc3c(c2)CC(C)O3)C1c1ccc(OC)c(OCC)c1. The number of hydrogen-bond acceptors (Lipinski definition) is 6. The number of Topliss-reactive ketones (excluding diaryl/α,β-unsaturated/α-hetero) is 1. The number of hydrogen-bond donors (Lipinski definition) is 1. The number of ether oxygens (including phenoxy) is 3. The predicted octanol–water partition coefficient (Wildman–Crippen LogP) is 4.25. The second-order valence-electron chi connectivity index (χ2n) is 8.29. The quantitative estimate of drug-likeness (QED) is 0.385. The highest BCUT2D eigenvalue weighted by atomic mass is 16.5. The van der Waals surface area contributed by atoms with E-state index in [0.29, 0.717) is 42.2 Å². The molecule has 0 aliphatic carbocycles. The molecule has 1 amide bonds. The lowest BCUT2D eigenvalue weighted by Gasteiger charge is -2.25. The summed E-state index contributed by atoms with van der Waals surface area (Å²) in [6, 6.07) is 9.94. The molecular weight excluding hydrogens is 422 g/mol. The monoisotopic (exact) mass is 451 g/mol. The molecule has 7 heteroatoms. The van der Waals surface area contributed by atoms with Crippen LogP contribution in [0.3, 0.4) is 0 Å². The first kappa shape index (κ1) is 22.7. The highest BCUT2D eigenvalue weighted by molar-refractivity contribution is 6.46. The van der Waals surface area contributed by atoms with Crippen LogP contribution >= 0.6 is 0 Å². The van der Waals surface area contributed by atoms with Gasteiger partial charge in [0.2, 0.25) is 0 Å². The fourth-order valence-electron chi connectivity index (χ4n) is 4.55. The standard InChI is InChI=1S/C26H29NO6/c1-5-11-27-23(16-7-10-20(31-4)21(14-16)32-6-2)22(25(29)26(27)30)24(28)17-8-9-19-18(13-17)12-15(3)33-19/h7-10,13-15,23,28H,5-6,11-12H2,1-4H3/b24-22+. The minimum atomic E-state index is -0.724. The fourth-order valence-corrected chi connectivity index (χ4v) is 4.55. The van der Waals surface area contributed by atoms with Gasteiger partial charge in [-0.05, 0) is 61.7 Å². The van der Waals surface area contributed by atoms with Gasteiger partial charge in [0.1, 0.15) is 17.6 Å². The molecule has 1 N–H and O–H groups in total. The maximum absolute atomic E-state index is 13.1. The summed E-state index contributed by atoms with van der Waals surface area (Å²) in [5.41, 5.74) is 2.21. The number of amides is 1. The largest absolute Gasteiger partial charge is 0.507 e. The molecule has 0 aromatic heterocycles. The highest BCUT2D eigenvalue weighted by Gasteiger charge is 2.46. The van der Waals surface area contributed by atoms with E-state index >= 15 is 0 Å². The second kappa shape index (κ2) is 9.17. The van der Waals surface area contributed by atoms with E-state index in [1.165, 1.54) is 4.90 Å². The lowest BCUT2D eigenvalue weighted by atomic mass is 9.94. The third-order valence-corrected chi connectivity index (χ3v) is 5.98. The molecule has 4 rings (SSSR count). The van der Waals surface area contributed by atoms with Gasteiger partial charge in [0, 0.05) is 18.5 Å². The van der Waals surface area contributed by atoms with Gasteiger partial charge < -0.3 is 24.2 Å². The van der Waals surface area contributed by atoms with E-state index in [2.05, 4.69) is 0 Å². The number of aliphatic hydroxyl groups is 1. The van der Waals surface area contributed by atoms with Crippen LogP contribution in [0.2, 0.25) is 0 Å².